The lowest BCUT2D eigenvalue weighted by atomic mass is 10.1. The molecule has 0 spiro atoms. The van der Waals surface area contributed by atoms with E-state index in [0.717, 1.165) is 5.56 Å². The molecule has 1 aliphatic carbocycles. The zero-order valence-electron chi connectivity index (χ0n) is 9.38. The fourth-order valence-corrected chi connectivity index (χ4v) is 1.52. The van der Waals surface area contributed by atoms with E-state index in [1.54, 1.807) is 0 Å². The predicted molar refractivity (Wildman–Crippen MR) is 63.6 cm³/mol. The number of benzene rings is 1. The van der Waals surface area contributed by atoms with E-state index < -0.39 is 0 Å². The summed E-state index contributed by atoms with van der Waals surface area (Å²) in [5.41, 5.74) is 1.01. The monoisotopic (exact) mass is 199 g/mol. The first-order chi connectivity index (χ1) is 7.16. The smallest absolute Gasteiger partial charge is 0.0749 e. The fourth-order valence-electron chi connectivity index (χ4n) is 1.52. The van der Waals surface area contributed by atoms with Crippen LogP contribution in [0.5, 0.6) is 0 Å². The summed E-state index contributed by atoms with van der Waals surface area (Å²) < 4.78 is 0. The normalized spacial score (nSPS) is 15.6. The second-order valence-corrected chi connectivity index (χ2v) is 4.66. The first kappa shape index (κ1) is 10.3. The van der Waals surface area contributed by atoms with Crippen LogP contribution in [0.1, 0.15) is 32.3 Å². The summed E-state index contributed by atoms with van der Waals surface area (Å²) in [7, 11) is 0. The van der Waals surface area contributed by atoms with E-state index in [9.17, 15) is 0 Å². The molecule has 0 bridgehead atoms. The minimum absolute atomic E-state index is 0.0724. The van der Waals surface area contributed by atoms with Crippen LogP contribution in [-0.2, 0) is 0 Å². The second kappa shape index (κ2) is 4.08. The molecule has 0 unspecified atom stereocenters. The van der Waals surface area contributed by atoms with Gasteiger partial charge in [-0.05, 0) is 38.8 Å². The zero-order valence-corrected chi connectivity index (χ0v) is 9.38. The number of nitrogens with one attached hydrogen (secondary N) is 1. The van der Waals surface area contributed by atoms with Gasteiger partial charge >= 0.3 is 0 Å². The Morgan fingerprint density at radius 3 is 2.47 bits per heavy atom. The Labute approximate surface area is 91.9 Å². The van der Waals surface area contributed by atoms with E-state index in [0.29, 0.717) is 6.04 Å². The van der Waals surface area contributed by atoms with Gasteiger partial charge in [-0.15, -0.1) is 0 Å². The largest absolute Gasteiger partial charge is 0.299 e. The third kappa shape index (κ3) is 3.42. The maximum Gasteiger partial charge on any atom is 0.0749 e. The van der Waals surface area contributed by atoms with E-state index in [-0.39, 0.29) is 5.54 Å². The summed E-state index contributed by atoms with van der Waals surface area (Å²) in [6.07, 6.45) is 2.60. The number of hydrogen-bond donors (Lipinski definition) is 1. The van der Waals surface area contributed by atoms with Gasteiger partial charge in [0.05, 0.1) is 5.54 Å². The molecule has 1 aromatic rings. The summed E-state index contributed by atoms with van der Waals surface area (Å²) in [6, 6.07) is 10.8. The van der Waals surface area contributed by atoms with Crippen molar-refractivity contribution in [2.24, 2.45) is 0 Å². The minimum atomic E-state index is -0.0724. The summed E-state index contributed by atoms with van der Waals surface area (Å²) in [6.45, 7) is 4.28. The lowest BCUT2D eigenvalue weighted by molar-refractivity contribution is 0.488. The van der Waals surface area contributed by atoms with Crippen LogP contribution in [0.4, 0.5) is 0 Å². The van der Waals surface area contributed by atoms with Gasteiger partial charge in [0.25, 0.3) is 0 Å². The van der Waals surface area contributed by atoms with E-state index in [1.165, 1.54) is 12.8 Å². The Bertz CT molecular complexity index is 377. The molecule has 1 fully saturated rings. The van der Waals surface area contributed by atoms with Gasteiger partial charge < -0.3 is 0 Å². The summed E-state index contributed by atoms with van der Waals surface area (Å²) >= 11 is 0. The van der Waals surface area contributed by atoms with Gasteiger partial charge in [0, 0.05) is 11.6 Å². The molecule has 1 aliphatic rings. The molecule has 1 aromatic carbocycles. The van der Waals surface area contributed by atoms with Crippen LogP contribution in [0, 0.1) is 11.8 Å². The van der Waals surface area contributed by atoms with Crippen molar-refractivity contribution in [2.75, 3.05) is 0 Å². The van der Waals surface area contributed by atoms with Gasteiger partial charge in [-0.3, -0.25) is 5.32 Å². The molecular weight excluding hydrogens is 182 g/mol. The maximum atomic E-state index is 3.53. The number of rotatable bonds is 2. The quantitative estimate of drug-likeness (QED) is 0.722. The molecule has 1 N–H and O–H groups in total. The van der Waals surface area contributed by atoms with Crippen molar-refractivity contribution in [3.8, 4) is 11.8 Å². The molecule has 78 valence electrons. The molecule has 15 heavy (non-hydrogen) atoms. The highest BCUT2D eigenvalue weighted by Crippen LogP contribution is 2.21. The van der Waals surface area contributed by atoms with E-state index in [4.69, 9.17) is 0 Å². The Hall–Kier alpha value is -1.26. The van der Waals surface area contributed by atoms with E-state index >= 15 is 0 Å². The lowest BCUT2D eigenvalue weighted by Crippen LogP contribution is -2.39. The van der Waals surface area contributed by atoms with Crippen molar-refractivity contribution in [1.82, 2.24) is 5.32 Å². The van der Waals surface area contributed by atoms with E-state index in [2.05, 4.69) is 31.0 Å². The third-order valence-electron chi connectivity index (χ3n) is 2.44. The predicted octanol–water partition coefficient (Wildman–Crippen LogP) is 2.57. The Kier molecular flexibility index (Phi) is 2.79. The van der Waals surface area contributed by atoms with Gasteiger partial charge in [0.1, 0.15) is 0 Å². The van der Waals surface area contributed by atoms with Crippen LogP contribution in [0.15, 0.2) is 30.3 Å². The standard InChI is InChI=1S/C14H17N/c1-14(2,15-13-8-9-13)11-10-12-6-4-3-5-7-12/h3-7,13,15H,8-9H2,1-2H3. The molecule has 1 heteroatoms. The fraction of sp³-hybridized carbons (Fsp3) is 0.429. The Morgan fingerprint density at radius 1 is 1.20 bits per heavy atom. The van der Waals surface area contributed by atoms with Crippen molar-refractivity contribution in [1.29, 1.82) is 0 Å². The van der Waals surface area contributed by atoms with Crippen LogP contribution in [0.25, 0.3) is 0 Å². The van der Waals surface area contributed by atoms with Gasteiger partial charge in [-0.2, -0.15) is 0 Å². The highest BCUT2D eigenvalue weighted by atomic mass is 15.0. The molecule has 1 nitrogen and oxygen atoms in total. The molecule has 0 aromatic heterocycles. The van der Waals surface area contributed by atoms with Crippen molar-refractivity contribution in [3.63, 3.8) is 0 Å². The average molecular weight is 199 g/mol. The van der Waals surface area contributed by atoms with Crippen LogP contribution in [-0.4, -0.2) is 11.6 Å². The van der Waals surface area contributed by atoms with Crippen LogP contribution in [0.3, 0.4) is 0 Å². The van der Waals surface area contributed by atoms with Crippen molar-refractivity contribution < 1.29 is 0 Å². The maximum absolute atomic E-state index is 3.53. The van der Waals surface area contributed by atoms with Crippen LogP contribution >= 0.6 is 0 Å². The average Bonchev–Trinajstić information content (AvgIpc) is 3.00. The molecule has 0 atom stereocenters. The second-order valence-electron chi connectivity index (χ2n) is 4.66. The number of hydrogen-bond acceptors (Lipinski definition) is 1. The summed E-state index contributed by atoms with van der Waals surface area (Å²) in [5.74, 6) is 6.49. The molecule has 1 saturated carbocycles. The van der Waals surface area contributed by atoms with Crippen LogP contribution < -0.4 is 5.32 Å². The highest BCUT2D eigenvalue weighted by molar-refractivity contribution is 5.36. The molecule has 0 saturated heterocycles. The molecule has 0 aliphatic heterocycles. The van der Waals surface area contributed by atoms with Gasteiger partial charge in [0.2, 0.25) is 0 Å². The van der Waals surface area contributed by atoms with Crippen LogP contribution in [0.2, 0.25) is 0 Å². The van der Waals surface area contributed by atoms with Gasteiger partial charge in [0.15, 0.2) is 0 Å². The molecule has 0 heterocycles. The molecule has 2 rings (SSSR count). The topological polar surface area (TPSA) is 12.0 Å². The molecule has 0 radical (unpaired) electrons. The van der Waals surface area contributed by atoms with Crippen molar-refractivity contribution >= 4 is 0 Å². The Morgan fingerprint density at radius 2 is 1.87 bits per heavy atom. The summed E-state index contributed by atoms with van der Waals surface area (Å²) in [5, 5.41) is 3.53. The molecule has 0 amide bonds. The summed E-state index contributed by atoms with van der Waals surface area (Å²) in [4.78, 5) is 0. The lowest BCUT2D eigenvalue weighted by Gasteiger charge is -2.19. The first-order valence-electron chi connectivity index (χ1n) is 5.52. The van der Waals surface area contributed by atoms with Gasteiger partial charge in [-0.1, -0.05) is 30.0 Å². The zero-order chi connectivity index (χ0) is 10.7. The SMILES string of the molecule is CC(C)(C#Cc1ccccc1)NC1CC1. The first-order valence-corrected chi connectivity index (χ1v) is 5.52. The Balaban J connectivity index is 2.03. The minimum Gasteiger partial charge on any atom is -0.299 e. The highest BCUT2D eigenvalue weighted by Gasteiger charge is 2.27. The van der Waals surface area contributed by atoms with E-state index in [1.807, 2.05) is 30.3 Å². The van der Waals surface area contributed by atoms with Gasteiger partial charge in [-0.25, -0.2) is 0 Å². The van der Waals surface area contributed by atoms with Crippen molar-refractivity contribution in [3.05, 3.63) is 35.9 Å². The van der Waals surface area contributed by atoms with Crippen molar-refractivity contribution in [2.45, 2.75) is 38.3 Å². The third-order valence-corrected chi connectivity index (χ3v) is 2.44. The molecular formula is C14H17N.